The highest BCUT2D eigenvalue weighted by molar-refractivity contribution is 7.89. The fourth-order valence-electron chi connectivity index (χ4n) is 4.10. The van der Waals surface area contributed by atoms with E-state index in [0.717, 1.165) is 35.6 Å². The predicted octanol–water partition coefficient (Wildman–Crippen LogP) is 3.10. The second-order valence-electron chi connectivity index (χ2n) is 8.35. The Kier molecular flexibility index (Phi) is 8.04. The fourth-order valence-corrected chi connectivity index (χ4v) is 5.04. The molecule has 1 aliphatic rings. The molecule has 0 saturated heterocycles. The van der Waals surface area contributed by atoms with E-state index >= 15 is 0 Å². The normalized spacial score (nSPS) is 15.8. The van der Waals surface area contributed by atoms with Gasteiger partial charge < -0.3 is 10.6 Å². The monoisotopic (exact) mass is 457 g/mol. The average Bonchev–Trinajstić information content (AvgIpc) is 2.82. The van der Waals surface area contributed by atoms with E-state index in [1.54, 1.807) is 0 Å². The molecule has 2 aromatic rings. The summed E-state index contributed by atoms with van der Waals surface area (Å²) in [4.78, 5) is 25.3. The van der Waals surface area contributed by atoms with Crippen LogP contribution in [0.5, 0.6) is 0 Å². The fraction of sp³-hybridized carbons (Fsp3) is 0.417. The van der Waals surface area contributed by atoms with Gasteiger partial charge in [-0.3, -0.25) is 9.59 Å². The van der Waals surface area contributed by atoms with Crippen molar-refractivity contribution in [1.82, 2.24) is 14.9 Å². The third-order valence-electron chi connectivity index (χ3n) is 5.88. The molecule has 0 aromatic heterocycles. The summed E-state index contributed by atoms with van der Waals surface area (Å²) >= 11 is 0. The van der Waals surface area contributed by atoms with Crippen LogP contribution in [0, 0.1) is 5.92 Å². The Bertz CT molecular complexity index is 1030. The zero-order chi connectivity index (χ0) is 23.1. The van der Waals surface area contributed by atoms with Crippen LogP contribution in [0.3, 0.4) is 0 Å². The largest absolute Gasteiger partial charge is 0.347 e. The molecule has 1 saturated carbocycles. The van der Waals surface area contributed by atoms with Gasteiger partial charge in [0.25, 0.3) is 5.91 Å². The molecule has 1 atom stereocenters. The molecule has 0 spiro atoms. The Hall–Kier alpha value is -2.71. The summed E-state index contributed by atoms with van der Waals surface area (Å²) in [5.41, 5.74) is 1.26. The average molecular weight is 458 g/mol. The van der Waals surface area contributed by atoms with Gasteiger partial charge in [-0.2, -0.15) is 0 Å². The van der Waals surface area contributed by atoms with Crippen molar-refractivity contribution < 1.29 is 18.0 Å². The van der Waals surface area contributed by atoms with Gasteiger partial charge in [-0.05, 0) is 42.5 Å². The van der Waals surface area contributed by atoms with E-state index < -0.39 is 15.9 Å². The molecule has 2 N–H and O–H groups in total. The van der Waals surface area contributed by atoms with Crippen molar-refractivity contribution in [3.63, 3.8) is 0 Å². The summed E-state index contributed by atoms with van der Waals surface area (Å²) in [5.74, 6) is -0.390. The van der Waals surface area contributed by atoms with Crippen molar-refractivity contribution in [1.29, 1.82) is 0 Å². The van der Waals surface area contributed by atoms with Crippen molar-refractivity contribution in [3.8, 4) is 0 Å². The molecule has 7 nitrogen and oxygen atoms in total. The molecule has 0 aliphatic heterocycles. The number of rotatable bonds is 8. The van der Waals surface area contributed by atoms with Crippen molar-refractivity contribution in [2.75, 3.05) is 20.6 Å². The quantitative estimate of drug-likeness (QED) is 0.637. The minimum atomic E-state index is -3.65. The van der Waals surface area contributed by atoms with Crippen molar-refractivity contribution in [2.24, 2.45) is 5.92 Å². The van der Waals surface area contributed by atoms with Crippen LogP contribution in [-0.4, -0.2) is 45.2 Å². The van der Waals surface area contributed by atoms with Gasteiger partial charge in [0.15, 0.2) is 0 Å². The third-order valence-corrected chi connectivity index (χ3v) is 7.69. The predicted molar refractivity (Wildman–Crippen MR) is 124 cm³/mol. The number of nitrogens with one attached hydrogen (secondary N) is 2. The highest BCUT2D eigenvalue weighted by Crippen LogP contribution is 2.34. The highest BCUT2D eigenvalue weighted by Gasteiger charge is 2.26. The Morgan fingerprint density at radius 3 is 2.34 bits per heavy atom. The topological polar surface area (TPSA) is 95.6 Å². The maximum atomic E-state index is 12.7. The lowest BCUT2D eigenvalue weighted by molar-refractivity contribution is -0.121. The summed E-state index contributed by atoms with van der Waals surface area (Å²) in [6.45, 7) is -0.181. The SMILES string of the molecule is CN(C)S(=O)(=O)c1cccc(C(=O)NCC(=O)NC(c2ccccc2)C2CCCCC2)c1. The summed E-state index contributed by atoms with van der Waals surface area (Å²) in [6.07, 6.45) is 5.68. The van der Waals surface area contributed by atoms with Gasteiger partial charge in [-0.15, -0.1) is 0 Å². The molecular formula is C24H31N3O4S. The molecule has 8 heteroatoms. The lowest BCUT2D eigenvalue weighted by Gasteiger charge is -2.31. The summed E-state index contributed by atoms with van der Waals surface area (Å²) < 4.78 is 25.7. The van der Waals surface area contributed by atoms with Gasteiger partial charge in [0.1, 0.15) is 0 Å². The number of nitrogens with zero attached hydrogens (tertiary/aromatic N) is 1. The smallest absolute Gasteiger partial charge is 0.251 e. The number of amides is 2. The number of carbonyl (C=O) groups is 2. The van der Waals surface area contributed by atoms with Crippen LogP contribution >= 0.6 is 0 Å². The molecule has 0 bridgehead atoms. The van der Waals surface area contributed by atoms with Gasteiger partial charge in [-0.25, -0.2) is 12.7 Å². The molecule has 172 valence electrons. The van der Waals surface area contributed by atoms with Crippen LogP contribution in [0.4, 0.5) is 0 Å². The Morgan fingerprint density at radius 2 is 1.69 bits per heavy atom. The molecule has 32 heavy (non-hydrogen) atoms. The van der Waals surface area contributed by atoms with Gasteiger partial charge in [-0.1, -0.05) is 55.7 Å². The van der Waals surface area contributed by atoms with E-state index in [0.29, 0.717) is 5.92 Å². The Morgan fingerprint density at radius 1 is 1.00 bits per heavy atom. The van der Waals surface area contributed by atoms with Crippen LogP contribution in [-0.2, 0) is 14.8 Å². The van der Waals surface area contributed by atoms with Crippen LogP contribution in [0.2, 0.25) is 0 Å². The van der Waals surface area contributed by atoms with Gasteiger partial charge >= 0.3 is 0 Å². The first kappa shape index (κ1) is 23.9. The number of sulfonamides is 1. The van der Waals surface area contributed by atoms with Crippen molar-refractivity contribution >= 4 is 21.8 Å². The summed E-state index contributed by atoms with van der Waals surface area (Å²) in [5, 5.41) is 5.71. The summed E-state index contributed by atoms with van der Waals surface area (Å²) in [7, 11) is -0.784. The number of benzene rings is 2. The van der Waals surface area contributed by atoms with Crippen molar-refractivity contribution in [2.45, 2.75) is 43.0 Å². The van der Waals surface area contributed by atoms with Crippen LogP contribution in [0.25, 0.3) is 0 Å². The van der Waals surface area contributed by atoms with Gasteiger partial charge in [0, 0.05) is 19.7 Å². The number of hydrogen-bond acceptors (Lipinski definition) is 4. The summed E-state index contributed by atoms with van der Waals surface area (Å²) in [6, 6.07) is 15.6. The third kappa shape index (κ3) is 5.95. The van der Waals surface area contributed by atoms with E-state index in [9.17, 15) is 18.0 Å². The van der Waals surface area contributed by atoms with E-state index in [-0.39, 0.29) is 29.0 Å². The van der Waals surface area contributed by atoms with Gasteiger partial charge in [0.05, 0.1) is 17.5 Å². The minimum Gasteiger partial charge on any atom is -0.347 e. The molecule has 1 aliphatic carbocycles. The first-order valence-corrected chi connectivity index (χ1v) is 12.4. The molecule has 0 radical (unpaired) electrons. The Balaban J connectivity index is 1.65. The molecule has 0 heterocycles. The molecule has 1 unspecified atom stereocenters. The van der Waals surface area contributed by atoms with Crippen LogP contribution in [0.1, 0.15) is 54.1 Å². The first-order valence-electron chi connectivity index (χ1n) is 10.9. The molecular weight excluding hydrogens is 426 g/mol. The molecule has 1 fully saturated rings. The number of carbonyl (C=O) groups excluding carboxylic acids is 2. The second kappa shape index (κ2) is 10.7. The number of hydrogen-bond donors (Lipinski definition) is 2. The zero-order valence-electron chi connectivity index (χ0n) is 18.6. The molecule has 2 aromatic carbocycles. The second-order valence-corrected chi connectivity index (χ2v) is 10.5. The van der Waals surface area contributed by atoms with E-state index in [2.05, 4.69) is 10.6 Å². The lowest BCUT2D eigenvalue weighted by Crippen LogP contribution is -2.41. The first-order chi connectivity index (χ1) is 15.3. The van der Waals surface area contributed by atoms with E-state index in [1.807, 2.05) is 30.3 Å². The van der Waals surface area contributed by atoms with E-state index in [4.69, 9.17) is 0 Å². The van der Waals surface area contributed by atoms with Crippen molar-refractivity contribution in [3.05, 3.63) is 65.7 Å². The van der Waals surface area contributed by atoms with Crippen LogP contribution in [0.15, 0.2) is 59.5 Å². The lowest BCUT2D eigenvalue weighted by atomic mass is 9.81. The highest BCUT2D eigenvalue weighted by atomic mass is 32.2. The molecule has 3 rings (SSSR count). The maximum absolute atomic E-state index is 12.7. The van der Waals surface area contributed by atoms with E-state index in [1.165, 1.54) is 44.8 Å². The van der Waals surface area contributed by atoms with Gasteiger partial charge in [0.2, 0.25) is 15.9 Å². The maximum Gasteiger partial charge on any atom is 0.251 e. The zero-order valence-corrected chi connectivity index (χ0v) is 19.4. The molecule has 2 amide bonds. The standard InChI is InChI=1S/C24H31N3O4S/c1-27(2)32(30,31)21-15-9-14-20(16-21)24(29)25-17-22(28)26-23(18-10-5-3-6-11-18)19-12-7-4-8-13-19/h3,5-6,9-11,14-16,19,23H,4,7-8,12-13,17H2,1-2H3,(H,25,29)(H,26,28). The minimum absolute atomic E-state index is 0.0287. The van der Waals surface area contributed by atoms with Crippen LogP contribution < -0.4 is 10.6 Å². The Labute approximate surface area is 190 Å².